The molecule has 2 fully saturated rings. The summed E-state index contributed by atoms with van der Waals surface area (Å²) in [6.07, 6.45) is 8.47. The van der Waals surface area contributed by atoms with Gasteiger partial charge in [-0.05, 0) is 38.9 Å². The zero-order valence-electron chi connectivity index (χ0n) is 15.4. The van der Waals surface area contributed by atoms with E-state index < -0.39 is 0 Å². The monoisotopic (exact) mass is 341 g/mol. The zero-order valence-corrected chi connectivity index (χ0v) is 15.4. The van der Waals surface area contributed by atoms with Crippen LogP contribution in [0.4, 0.5) is 0 Å². The maximum atomic E-state index is 12.9. The van der Waals surface area contributed by atoms with Crippen LogP contribution in [-0.2, 0) is 0 Å². The highest BCUT2D eigenvalue weighted by molar-refractivity contribution is 5.97. The summed E-state index contributed by atoms with van der Waals surface area (Å²) in [5.41, 5.74) is 1.58. The molecular formula is C19H27N5O. The Kier molecular flexibility index (Phi) is 4.23. The highest BCUT2D eigenvalue weighted by Gasteiger charge is 2.34. The lowest BCUT2D eigenvalue weighted by Gasteiger charge is -2.22. The predicted octanol–water partition coefficient (Wildman–Crippen LogP) is 2.57. The number of rotatable bonds is 3. The molecule has 4 rings (SSSR count). The third-order valence-electron chi connectivity index (χ3n) is 5.87. The zero-order chi connectivity index (χ0) is 17.6. The normalized spacial score (nSPS) is 24.7. The average molecular weight is 341 g/mol. The molecular weight excluding hydrogens is 314 g/mol. The average Bonchev–Trinajstić information content (AvgIpc) is 3.32. The van der Waals surface area contributed by atoms with Crippen LogP contribution in [0.3, 0.4) is 0 Å². The van der Waals surface area contributed by atoms with E-state index in [0.29, 0.717) is 23.6 Å². The van der Waals surface area contributed by atoms with Crippen LogP contribution in [0, 0.1) is 5.92 Å². The van der Waals surface area contributed by atoms with Gasteiger partial charge in [0.15, 0.2) is 5.65 Å². The smallest absolute Gasteiger partial charge is 0.255 e. The first kappa shape index (κ1) is 16.5. The number of aromatic nitrogens is 3. The first-order valence-electron chi connectivity index (χ1n) is 9.33. The van der Waals surface area contributed by atoms with Gasteiger partial charge in [0.05, 0.1) is 17.8 Å². The molecule has 6 heteroatoms. The molecule has 2 aromatic heterocycles. The fraction of sp³-hybridized carbons (Fsp3) is 0.632. The van der Waals surface area contributed by atoms with E-state index in [-0.39, 0.29) is 5.91 Å². The number of nitrogens with zero attached hydrogens (tertiary/aromatic N) is 5. The van der Waals surface area contributed by atoms with Crippen molar-refractivity contribution in [1.29, 1.82) is 0 Å². The molecule has 0 N–H and O–H groups in total. The highest BCUT2D eigenvalue weighted by Crippen LogP contribution is 2.31. The minimum Gasteiger partial charge on any atom is -0.337 e. The Hall–Kier alpha value is -1.95. The number of carbonyl (C=O) groups is 1. The summed E-state index contributed by atoms with van der Waals surface area (Å²) in [6.45, 7) is 3.80. The van der Waals surface area contributed by atoms with Crippen molar-refractivity contribution in [3.05, 3.63) is 24.0 Å². The molecule has 0 unspecified atom stereocenters. The van der Waals surface area contributed by atoms with Gasteiger partial charge in [-0.2, -0.15) is 5.10 Å². The topological polar surface area (TPSA) is 54.3 Å². The summed E-state index contributed by atoms with van der Waals surface area (Å²) >= 11 is 0. The molecule has 2 aliphatic rings. The van der Waals surface area contributed by atoms with Crippen molar-refractivity contribution in [3.63, 3.8) is 0 Å². The molecule has 1 saturated carbocycles. The van der Waals surface area contributed by atoms with Crippen LogP contribution in [0.5, 0.6) is 0 Å². The Morgan fingerprint density at radius 3 is 2.64 bits per heavy atom. The van der Waals surface area contributed by atoms with Crippen LogP contribution in [0.2, 0.25) is 0 Å². The van der Waals surface area contributed by atoms with Crippen molar-refractivity contribution in [1.82, 2.24) is 24.6 Å². The summed E-state index contributed by atoms with van der Waals surface area (Å²) in [7, 11) is 4.17. The Labute approximate surface area is 148 Å². The maximum absolute atomic E-state index is 12.9. The summed E-state index contributed by atoms with van der Waals surface area (Å²) in [5, 5.41) is 5.51. The van der Waals surface area contributed by atoms with Gasteiger partial charge in [-0.1, -0.05) is 19.8 Å². The molecule has 3 heterocycles. The third kappa shape index (κ3) is 2.92. The van der Waals surface area contributed by atoms with E-state index in [4.69, 9.17) is 0 Å². The van der Waals surface area contributed by atoms with E-state index in [9.17, 15) is 4.79 Å². The molecule has 0 spiro atoms. The molecule has 1 aliphatic heterocycles. The molecule has 1 saturated heterocycles. The number of fused-ring (bicyclic) bond motifs is 1. The van der Waals surface area contributed by atoms with Crippen molar-refractivity contribution >= 4 is 16.9 Å². The quantitative estimate of drug-likeness (QED) is 0.861. The molecule has 134 valence electrons. The summed E-state index contributed by atoms with van der Waals surface area (Å²) in [4.78, 5) is 21.7. The van der Waals surface area contributed by atoms with Gasteiger partial charge in [0.25, 0.3) is 5.91 Å². The van der Waals surface area contributed by atoms with Gasteiger partial charge < -0.3 is 9.80 Å². The van der Waals surface area contributed by atoms with Crippen LogP contribution in [0.25, 0.3) is 11.0 Å². The van der Waals surface area contributed by atoms with Crippen LogP contribution in [-0.4, -0.2) is 63.7 Å². The standard InChI is InChI=1S/C19H27N5O/c1-13-11-23(12-17(13)22(2)3)19(25)15-8-14-10-21-24(18(14)20-9-15)16-6-4-5-7-16/h8-10,13,16-17H,4-7,11-12H2,1-3H3/t13-,17-/m1/s1. The second-order valence-corrected chi connectivity index (χ2v) is 7.88. The fourth-order valence-corrected chi connectivity index (χ4v) is 4.44. The van der Waals surface area contributed by atoms with Crippen molar-refractivity contribution in [2.75, 3.05) is 27.2 Å². The van der Waals surface area contributed by atoms with E-state index in [2.05, 4.69) is 40.7 Å². The largest absolute Gasteiger partial charge is 0.337 e. The fourth-order valence-electron chi connectivity index (χ4n) is 4.44. The lowest BCUT2D eigenvalue weighted by molar-refractivity contribution is 0.0781. The minimum atomic E-state index is 0.0826. The lowest BCUT2D eigenvalue weighted by atomic mass is 10.1. The van der Waals surface area contributed by atoms with Gasteiger partial charge in [0.2, 0.25) is 0 Å². The Bertz CT molecular complexity index is 777. The summed E-state index contributed by atoms with van der Waals surface area (Å²) < 4.78 is 2.05. The molecule has 6 nitrogen and oxygen atoms in total. The van der Waals surface area contributed by atoms with E-state index in [0.717, 1.165) is 24.1 Å². The number of likely N-dealkylation sites (N-methyl/N-ethyl adjacent to an activating group) is 1. The molecule has 2 aromatic rings. The van der Waals surface area contributed by atoms with Crippen molar-refractivity contribution in [2.45, 2.75) is 44.7 Å². The SMILES string of the molecule is C[C@@H]1CN(C(=O)c2cnc3c(cnn3C3CCCC3)c2)C[C@H]1N(C)C. The van der Waals surface area contributed by atoms with Gasteiger partial charge in [0.1, 0.15) is 0 Å². The number of carbonyl (C=O) groups excluding carboxylic acids is 1. The van der Waals surface area contributed by atoms with Crippen molar-refractivity contribution in [2.24, 2.45) is 5.92 Å². The van der Waals surface area contributed by atoms with Crippen LogP contribution >= 0.6 is 0 Å². The Balaban J connectivity index is 1.57. The summed E-state index contributed by atoms with van der Waals surface area (Å²) in [5.74, 6) is 0.569. The van der Waals surface area contributed by atoms with Gasteiger partial charge in [-0.15, -0.1) is 0 Å². The van der Waals surface area contributed by atoms with Gasteiger partial charge in [-0.3, -0.25) is 4.79 Å². The van der Waals surface area contributed by atoms with Crippen LogP contribution < -0.4 is 0 Å². The first-order valence-corrected chi connectivity index (χ1v) is 9.33. The lowest BCUT2D eigenvalue weighted by Crippen LogP contribution is -2.35. The number of hydrogen-bond acceptors (Lipinski definition) is 4. The van der Waals surface area contributed by atoms with Crippen molar-refractivity contribution in [3.8, 4) is 0 Å². The van der Waals surface area contributed by atoms with Gasteiger partial charge in [0, 0.05) is 30.7 Å². The maximum Gasteiger partial charge on any atom is 0.255 e. The Morgan fingerprint density at radius 1 is 1.20 bits per heavy atom. The van der Waals surface area contributed by atoms with Crippen LogP contribution in [0.15, 0.2) is 18.5 Å². The number of amides is 1. The van der Waals surface area contributed by atoms with Crippen molar-refractivity contribution < 1.29 is 4.79 Å². The third-order valence-corrected chi connectivity index (χ3v) is 5.87. The molecule has 25 heavy (non-hydrogen) atoms. The second kappa shape index (κ2) is 6.41. The Morgan fingerprint density at radius 2 is 1.96 bits per heavy atom. The first-order chi connectivity index (χ1) is 12.0. The molecule has 1 amide bonds. The predicted molar refractivity (Wildman–Crippen MR) is 97.6 cm³/mol. The minimum absolute atomic E-state index is 0.0826. The second-order valence-electron chi connectivity index (χ2n) is 7.88. The van der Waals surface area contributed by atoms with Gasteiger partial charge >= 0.3 is 0 Å². The van der Waals surface area contributed by atoms with Crippen LogP contribution in [0.1, 0.15) is 49.0 Å². The van der Waals surface area contributed by atoms with E-state index in [1.54, 1.807) is 6.20 Å². The van der Waals surface area contributed by atoms with E-state index >= 15 is 0 Å². The van der Waals surface area contributed by atoms with E-state index in [1.165, 1.54) is 25.7 Å². The molecule has 0 bridgehead atoms. The highest BCUT2D eigenvalue weighted by atomic mass is 16.2. The molecule has 0 aromatic carbocycles. The molecule has 1 aliphatic carbocycles. The molecule has 0 radical (unpaired) electrons. The summed E-state index contributed by atoms with van der Waals surface area (Å²) in [6, 6.07) is 2.84. The van der Waals surface area contributed by atoms with E-state index in [1.807, 2.05) is 17.2 Å². The number of pyridine rings is 1. The van der Waals surface area contributed by atoms with Gasteiger partial charge in [-0.25, -0.2) is 9.67 Å². The number of likely N-dealkylation sites (tertiary alicyclic amines) is 1. The molecule has 2 atom stereocenters. The number of hydrogen-bond donors (Lipinski definition) is 0.